The topological polar surface area (TPSA) is 43.1 Å². The molecule has 2 aromatic carbocycles. The molecule has 0 N–H and O–H groups in total. The van der Waals surface area contributed by atoms with Gasteiger partial charge in [-0.3, -0.25) is 9.48 Å². The van der Waals surface area contributed by atoms with Gasteiger partial charge in [0.15, 0.2) is 5.78 Å². The van der Waals surface area contributed by atoms with E-state index in [0.717, 1.165) is 49.4 Å². The van der Waals surface area contributed by atoms with Crippen molar-refractivity contribution in [1.82, 2.24) is 19.2 Å². The SMILES string of the molecule is CCN(CC)CCn1c2ccc(-c3ccn(C)n3)cc2c2c3c(ccc21)C(=O)CC3. The molecule has 5 nitrogen and oxygen atoms in total. The zero-order valence-electron chi connectivity index (χ0n) is 18.0. The van der Waals surface area contributed by atoms with E-state index in [1.54, 1.807) is 0 Å². The van der Waals surface area contributed by atoms with Gasteiger partial charge in [0.2, 0.25) is 0 Å². The van der Waals surface area contributed by atoms with Crippen LogP contribution in [0.25, 0.3) is 33.1 Å². The van der Waals surface area contributed by atoms with Crippen LogP contribution in [0.3, 0.4) is 0 Å². The van der Waals surface area contributed by atoms with Crippen molar-refractivity contribution in [3.05, 3.63) is 53.7 Å². The number of hydrogen-bond donors (Lipinski definition) is 0. The van der Waals surface area contributed by atoms with Gasteiger partial charge in [0.1, 0.15) is 0 Å². The second-order valence-corrected chi connectivity index (χ2v) is 8.19. The molecule has 5 rings (SSSR count). The molecule has 1 aliphatic carbocycles. The standard InChI is InChI=1S/C25H28N4O/c1-4-28(5-2)14-15-29-22-9-6-17(21-12-13-27(3)26-21)16-20(22)25-19-8-11-24(30)18(19)7-10-23(25)29/h6-7,9-10,12-13,16H,4-5,8,11,14-15H2,1-3H3. The van der Waals surface area contributed by atoms with E-state index in [0.29, 0.717) is 6.42 Å². The lowest BCUT2D eigenvalue weighted by Crippen LogP contribution is -2.26. The molecule has 0 radical (unpaired) electrons. The Bertz CT molecular complexity index is 1260. The van der Waals surface area contributed by atoms with Crippen molar-refractivity contribution >= 4 is 27.6 Å². The second kappa shape index (κ2) is 7.40. The summed E-state index contributed by atoms with van der Waals surface area (Å²) in [4.78, 5) is 14.9. The third-order valence-electron chi connectivity index (χ3n) is 6.58. The highest BCUT2D eigenvalue weighted by atomic mass is 16.1. The maximum atomic E-state index is 12.4. The molecular formula is C25H28N4O. The molecule has 4 aromatic rings. The maximum Gasteiger partial charge on any atom is 0.163 e. The summed E-state index contributed by atoms with van der Waals surface area (Å²) in [7, 11) is 1.94. The number of carbonyl (C=O) groups excluding carboxylic acids is 1. The number of rotatable bonds is 6. The van der Waals surface area contributed by atoms with Gasteiger partial charge >= 0.3 is 0 Å². The average Bonchev–Trinajstić information content (AvgIpc) is 3.44. The van der Waals surface area contributed by atoms with E-state index in [2.05, 4.69) is 58.7 Å². The van der Waals surface area contributed by atoms with E-state index in [4.69, 9.17) is 0 Å². The average molecular weight is 401 g/mol. The number of benzene rings is 2. The summed E-state index contributed by atoms with van der Waals surface area (Å²) in [5, 5.41) is 7.08. The first-order valence-corrected chi connectivity index (χ1v) is 10.9. The molecule has 154 valence electrons. The van der Waals surface area contributed by atoms with Crippen LogP contribution in [0.4, 0.5) is 0 Å². The molecule has 0 saturated heterocycles. The Morgan fingerprint density at radius 3 is 2.57 bits per heavy atom. The van der Waals surface area contributed by atoms with Crippen molar-refractivity contribution < 1.29 is 4.79 Å². The lowest BCUT2D eigenvalue weighted by Gasteiger charge is -2.19. The Hall–Kier alpha value is -2.92. The Kier molecular flexibility index (Phi) is 4.70. The van der Waals surface area contributed by atoms with E-state index < -0.39 is 0 Å². The van der Waals surface area contributed by atoms with E-state index in [9.17, 15) is 4.79 Å². The van der Waals surface area contributed by atoms with Gasteiger partial charge in [-0.2, -0.15) is 5.10 Å². The van der Waals surface area contributed by atoms with Crippen molar-refractivity contribution in [1.29, 1.82) is 0 Å². The molecule has 2 aromatic heterocycles. The van der Waals surface area contributed by atoms with E-state index in [1.807, 2.05) is 24.0 Å². The number of likely N-dealkylation sites (N-methyl/N-ethyl adjacent to an activating group) is 1. The van der Waals surface area contributed by atoms with Gasteiger partial charge in [-0.1, -0.05) is 19.9 Å². The summed E-state index contributed by atoms with van der Waals surface area (Å²) < 4.78 is 4.28. The minimum Gasteiger partial charge on any atom is -0.339 e. The molecule has 30 heavy (non-hydrogen) atoms. The Morgan fingerprint density at radius 1 is 1.03 bits per heavy atom. The molecule has 5 heteroatoms. The fraction of sp³-hybridized carbons (Fsp3) is 0.360. The third kappa shape index (κ3) is 2.96. The molecule has 0 bridgehead atoms. The van der Waals surface area contributed by atoms with Crippen LogP contribution in [0.1, 0.15) is 36.2 Å². The lowest BCUT2D eigenvalue weighted by molar-refractivity contribution is 0.0994. The van der Waals surface area contributed by atoms with Crippen molar-refractivity contribution in [3.8, 4) is 11.3 Å². The first-order valence-electron chi connectivity index (χ1n) is 10.9. The highest BCUT2D eigenvalue weighted by Gasteiger charge is 2.25. The third-order valence-corrected chi connectivity index (χ3v) is 6.58. The first-order chi connectivity index (χ1) is 14.6. The number of ketones is 1. The van der Waals surface area contributed by atoms with Gasteiger partial charge in [-0.15, -0.1) is 0 Å². The van der Waals surface area contributed by atoms with Gasteiger partial charge < -0.3 is 9.47 Å². The summed E-state index contributed by atoms with van der Waals surface area (Å²) in [5.41, 5.74) is 6.71. The van der Waals surface area contributed by atoms with Crippen LogP contribution in [-0.4, -0.2) is 44.7 Å². The zero-order chi connectivity index (χ0) is 20.8. The summed E-state index contributed by atoms with van der Waals surface area (Å²) in [6.45, 7) is 8.50. The van der Waals surface area contributed by atoms with Crippen LogP contribution in [0.15, 0.2) is 42.6 Å². The Balaban J connectivity index is 1.73. The highest BCUT2D eigenvalue weighted by Crippen LogP contribution is 2.38. The molecule has 0 spiro atoms. The number of hydrogen-bond acceptors (Lipinski definition) is 3. The van der Waals surface area contributed by atoms with Gasteiger partial charge in [0.05, 0.1) is 5.69 Å². The van der Waals surface area contributed by atoms with Crippen LogP contribution in [0.5, 0.6) is 0 Å². The van der Waals surface area contributed by atoms with Crippen LogP contribution < -0.4 is 0 Å². The maximum absolute atomic E-state index is 12.4. The Labute approximate surface area is 176 Å². The van der Waals surface area contributed by atoms with Gasteiger partial charge in [0, 0.05) is 65.7 Å². The normalized spacial score (nSPS) is 13.8. The minimum atomic E-state index is 0.275. The highest BCUT2D eigenvalue weighted by molar-refractivity contribution is 6.15. The van der Waals surface area contributed by atoms with E-state index in [-0.39, 0.29) is 5.78 Å². The predicted molar refractivity (Wildman–Crippen MR) is 122 cm³/mol. The summed E-state index contributed by atoms with van der Waals surface area (Å²) in [6.07, 6.45) is 3.44. The summed E-state index contributed by atoms with van der Waals surface area (Å²) in [5.74, 6) is 0.275. The van der Waals surface area contributed by atoms with Gasteiger partial charge in [-0.05, 0) is 55.4 Å². The van der Waals surface area contributed by atoms with Crippen LogP contribution >= 0.6 is 0 Å². The molecule has 0 aliphatic heterocycles. The fourth-order valence-electron chi connectivity index (χ4n) is 4.91. The van der Waals surface area contributed by atoms with Gasteiger partial charge in [0.25, 0.3) is 0 Å². The fourth-order valence-corrected chi connectivity index (χ4v) is 4.91. The molecule has 0 fully saturated rings. The van der Waals surface area contributed by atoms with Crippen molar-refractivity contribution in [2.45, 2.75) is 33.2 Å². The van der Waals surface area contributed by atoms with Gasteiger partial charge in [-0.25, -0.2) is 0 Å². The molecule has 0 atom stereocenters. The number of aromatic nitrogens is 3. The monoisotopic (exact) mass is 400 g/mol. The molecule has 0 unspecified atom stereocenters. The largest absolute Gasteiger partial charge is 0.339 e. The van der Waals surface area contributed by atoms with E-state index in [1.165, 1.54) is 27.4 Å². The molecular weight excluding hydrogens is 372 g/mol. The summed E-state index contributed by atoms with van der Waals surface area (Å²) in [6, 6.07) is 12.9. The lowest BCUT2D eigenvalue weighted by atomic mass is 10.0. The number of aryl methyl sites for hydroxylation is 2. The molecule has 2 heterocycles. The number of carbonyl (C=O) groups is 1. The minimum absolute atomic E-state index is 0.275. The number of fused-ring (bicyclic) bond motifs is 5. The summed E-state index contributed by atoms with van der Waals surface area (Å²) >= 11 is 0. The Morgan fingerprint density at radius 2 is 1.83 bits per heavy atom. The molecule has 1 aliphatic rings. The second-order valence-electron chi connectivity index (χ2n) is 8.19. The van der Waals surface area contributed by atoms with Crippen LogP contribution in [0.2, 0.25) is 0 Å². The first kappa shape index (κ1) is 19.1. The quantitative estimate of drug-likeness (QED) is 0.473. The van der Waals surface area contributed by atoms with Crippen molar-refractivity contribution in [2.24, 2.45) is 7.05 Å². The number of Topliss-reactive ketones (excluding diaryl/α,β-unsaturated/α-hetero) is 1. The smallest absolute Gasteiger partial charge is 0.163 e. The van der Waals surface area contributed by atoms with Crippen molar-refractivity contribution in [3.63, 3.8) is 0 Å². The molecule has 0 saturated carbocycles. The molecule has 0 amide bonds. The number of nitrogens with zero attached hydrogens (tertiary/aromatic N) is 4. The van der Waals surface area contributed by atoms with Crippen LogP contribution in [-0.2, 0) is 20.0 Å². The van der Waals surface area contributed by atoms with Crippen LogP contribution in [0, 0.1) is 0 Å². The zero-order valence-corrected chi connectivity index (χ0v) is 18.0. The predicted octanol–water partition coefficient (Wildman–Crippen LogP) is 4.67. The van der Waals surface area contributed by atoms with E-state index >= 15 is 0 Å². The van der Waals surface area contributed by atoms with Crippen molar-refractivity contribution in [2.75, 3.05) is 19.6 Å².